The van der Waals surface area contributed by atoms with E-state index in [9.17, 15) is 14.4 Å². The van der Waals surface area contributed by atoms with E-state index in [1.165, 1.54) is 7.11 Å². The van der Waals surface area contributed by atoms with Crippen molar-refractivity contribution in [1.82, 2.24) is 9.47 Å². The summed E-state index contributed by atoms with van der Waals surface area (Å²) in [6.07, 6.45) is 1.70. The Morgan fingerprint density at radius 2 is 1.85 bits per heavy atom. The molecule has 3 aromatic rings. The fraction of sp³-hybridized carbons (Fsp3) is 0.370. The highest BCUT2D eigenvalue weighted by Gasteiger charge is 2.30. The first-order valence-electron chi connectivity index (χ1n) is 11.5. The molecule has 1 aliphatic rings. The normalized spacial score (nSPS) is 15.5. The first kappa shape index (κ1) is 23.7. The molecule has 1 saturated heterocycles. The van der Waals surface area contributed by atoms with E-state index in [1.807, 2.05) is 36.4 Å². The van der Waals surface area contributed by atoms with Crippen LogP contribution in [0.15, 0.2) is 42.5 Å². The summed E-state index contributed by atoms with van der Waals surface area (Å²) in [5.74, 6) is -0.924. The molecule has 4 rings (SSSR count). The number of carbonyl (C=O) groups excluding carboxylic acids is 3. The standard InChI is InChI=1S/C27H30N2O5/c1-17-24(18(2)28(3)25(17)27(32)33-4)23(30)16-29(15-22-10-7-13-34-22)26(31)21-12-11-19-8-5-6-9-20(19)14-21/h5-6,8-9,11-12,14,22H,7,10,13,15-16H2,1-4H3. The van der Waals surface area contributed by atoms with Gasteiger partial charge in [0.15, 0.2) is 5.78 Å². The minimum Gasteiger partial charge on any atom is -0.464 e. The Balaban J connectivity index is 1.65. The van der Waals surface area contributed by atoms with Gasteiger partial charge in [0, 0.05) is 37.0 Å². The number of hydrogen-bond acceptors (Lipinski definition) is 5. The highest BCUT2D eigenvalue weighted by molar-refractivity contribution is 6.06. The molecule has 0 saturated carbocycles. The second-order valence-corrected chi connectivity index (χ2v) is 8.79. The summed E-state index contributed by atoms with van der Waals surface area (Å²) in [6, 6.07) is 13.4. The van der Waals surface area contributed by atoms with Gasteiger partial charge in [-0.1, -0.05) is 30.3 Å². The summed E-state index contributed by atoms with van der Waals surface area (Å²) < 4.78 is 12.3. The average molecular weight is 463 g/mol. The van der Waals surface area contributed by atoms with Crippen molar-refractivity contribution >= 4 is 28.4 Å². The Hall–Kier alpha value is -3.45. The van der Waals surface area contributed by atoms with Crippen molar-refractivity contribution in [3.8, 4) is 0 Å². The predicted octanol–water partition coefficient (Wildman–Crippen LogP) is 4.09. The molecule has 0 bridgehead atoms. The molecule has 7 heteroatoms. The molecule has 0 radical (unpaired) electrons. The SMILES string of the molecule is COC(=O)c1c(C)c(C(=O)CN(CC2CCCO2)C(=O)c2ccc3ccccc3c2)c(C)n1C. The lowest BCUT2D eigenvalue weighted by molar-refractivity contribution is 0.0506. The maximum Gasteiger partial charge on any atom is 0.354 e. The Bertz CT molecular complexity index is 1250. The molecule has 1 unspecified atom stereocenters. The van der Waals surface area contributed by atoms with Gasteiger partial charge >= 0.3 is 5.97 Å². The Morgan fingerprint density at radius 1 is 1.12 bits per heavy atom. The quantitative estimate of drug-likeness (QED) is 0.391. The maximum absolute atomic E-state index is 13.6. The lowest BCUT2D eigenvalue weighted by Gasteiger charge is -2.25. The zero-order valence-corrected chi connectivity index (χ0v) is 20.1. The van der Waals surface area contributed by atoms with Crippen LogP contribution in [0.1, 0.15) is 55.3 Å². The molecule has 0 aliphatic carbocycles. The number of ketones is 1. The summed E-state index contributed by atoms with van der Waals surface area (Å²) in [7, 11) is 3.05. The van der Waals surface area contributed by atoms with Gasteiger partial charge in [-0.2, -0.15) is 0 Å². The molecule has 34 heavy (non-hydrogen) atoms. The number of amides is 1. The molecule has 178 valence electrons. The number of carbonyl (C=O) groups is 3. The van der Waals surface area contributed by atoms with E-state index >= 15 is 0 Å². The zero-order valence-electron chi connectivity index (χ0n) is 20.1. The molecule has 1 aromatic heterocycles. The van der Waals surface area contributed by atoms with Gasteiger partial charge in [0.1, 0.15) is 5.69 Å². The van der Waals surface area contributed by atoms with Crippen LogP contribution in [-0.4, -0.2) is 60.0 Å². The molecule has 1 aliphatic heterocycles. The van der Waals surface area contributed by atoms with Crippen LogP contribution in [0.25, 0.3) is 10.8 Å². The molecule has 0 N–H and O–H groups in total. The van der Waals surface area contributed by atoms with Crippen LogP contribution in [0.3, 0.4) is 0 Å². The minimum atomic E-state index is -0.495. The number of nitrogens with zero attached hydrogens (tertiary/aromatic N) is 2. The van der Waals surface area contributed by atoms with Crippen LogP contribution in [0, 0.1) is 13.8 Å². The van der Waals surface area contributed by atoms with E-state index in [0.29, 0.717) is 41.2 Å². The summed E-state index contributed by atoms with van der Waals surface area (Å²) in [4.78, 5) is 40.9. The van der Waals surface area contributed by atoms with Crippen molar-refractivity contribution in [2.24, 2.45) is 7.05 Å². The number of Topliss-reactive ketones (excluding diaryl/α,β-unsaturated/α-hetero) is 1. The Kier molecular flexibility index (Phi) is 6.84. The molecule has 2 aromatic carbocycles. The molecular weight excluding hydrogens is 432 g/mol. The van der Waals surface area contributed by atoms with E-state index in [-0.39, 0.29) is 24.3 Å². The van der Waals surface area contributed by atoms with Gasteiger partial charge < -0.3 is 18.9 Å². The van der Waals surface area contributed by atoms with Crippen LogP contribution in [-0.2, 0) is 16.5 Å². The maximum atomic E-state index is 13.6. The van der Waals surface area contributed by atoms with Gasteiger partial charge in [-0.05, 0) is 55.2 Å². The third kappa shape index (κ3) is 4.48. The van der Waals surface area contributed by atoms with Gasteiger partial charge in [-0.3, -0.25) is 9.59 Å². The summed E-state index contributed by atoms with van der Waals surface area (Å²) >= 11 is 0. The van der Waals surface area contributed by atoms with Crippen LogP contribution in [0.2, 0.25) is 0 Å². The van der Waals surface area contributed by atoms with Crippen LogP contribution < -0.4 is 0 Å². The predicted molar refractivity (Wildman–Crippen MR) is 129 cm³/mol. The molecule has 0 spiro atoms. The third-order valence-electron chi connectivity index (χ3n) is 6.65. The highest BCUT2D eigenvalue weighted by Crippen LogP contribution is 2.24. The topological polar surface area (TPSA) is 77.8 Å². The molecule has 7 nitrogen and oxygen atoms in total. The van der Waals surface area contributed by atoms with E-state index < -0.39 is 5.97 Å². The van der Waals surface area contributed by atoms with Crippen molar-refractivity contribution in [2.75, 3.05) is 26.8 Å². The molecule has 1 amide bonds. The van der Waals surface area contributed by atoms with Gasteiger partial charge in [0.05, 0.1) is 19.8 Å². The zero-order chi connectivity index (χ0) is 24.4. The number of rotatable bonds is 7. The van der Waals surface area contributed by atoms with Gasteiger partial charge in [0.2, 0.25) is 0 Å². The van der Waals surface area contributed by atoms with Crippen molar-refractivity contribution in [1.29, 1.82) is 0 Å². The van der Waals surface area contributed by atoms with Crippen LogP contribution in [0.5, 0.6) is 0 Å². The summed E-state index contributed by atoms with van der Waals surface area (Å²) in [5.41, 5.74) is 2.55. The second-order valence-electron chi connectivity index (χ2n) is 8.79. The largest absolute Gasteiger partial charge is 0.464 e. The number of fused-ring (bicyclic) bond motifs is 1. The van der Waals surface area contributed by atoms with Gasteiger partial charge in [0.25, 0.3) is 5.91 Å². The Labute approximate surface area is 199 Å². The van der Waals surface area contributed by atoms with Crippen LogP contribution >= 0.6 is 0 Å². The molecule has 1 fully saturated rings. The van der Waals surface area contributed by atoms with E-state index in [1.54, 1.807) is 36.4 Å². The van der Waals surface area contributed by atoms with E-state index in [0.717, 1.165) is 23.6 Å². The lowest BCUT2D eigenvalue weighted by Crippen LogP contribution is -2.41. The smallest absolute Gasteiger partial charge is 0.354 e. The number of methoxy groups -OCH3 is 1. The van der Waals surface area contributed by atoms with E-state index in [4.69, 9.17) is 9.47 Å². The fourth-order valence-electron chi connectivity index (χ4n) is 4.79. The fourth-order valence-corrected chi connectivity index (χ4v) is 4.79. The van der Waals surface area contributed by atoms with Crippen molar-refractivity contribution < 1.29 is 23.9 Å². The van der Waals surface area contributed by atoms with Crippen molar-refractivity contribution in [3.63, 3.8) is 0 Å². The Morgan fingerprint density at radius 3 is 2.53 bits per heavy atom. The number of esters is 1. The highest BCUT2D eigenvalue weighted by atomic mass is 16.5. The van der Waals surface area contributed by atoms with Gasteiger partial charge in [-0.25, -0.2) is 4.79 Å². The molecule has 2 heterocycles. The molecular formula is C27H30N2O5. The van der Waals surface area contributed by atoms with E-state index in [2.05, 4.69) is 0 Å². The number of hydrogen-bond donors (Lipinski definition) is 0. The monoisotopic (exact) mass is 462 g/mol. The average Bonchev–Trinajstić information content (AvgIpc) is 3.43. The first-order valence-corrected chi connectivity index (χ1v) is 11.5. The number of benzene rings is 2. The van der Waals surface area contributed by atoms with Crippen molar-refractivity contribution in [3.05, 3.63) is 70.5 Å². The number of aromatic nitrogens is 1. The van der Waals surface area contributed by atoms with Gasteiger partial charge in [-0.15, -0.1) is 0 Å². The second kappa shape index (κ2) is 9.81. The first-order chi connectivity index (χ1) is 16.3. The van der Waals surface area contributed by atoms with Crippen LogP contribution in [0.4, 0.5) is 0 Å². The van der Waals surface area contributed by atoms with Crippen molar-refractivity contribution in [2.45, 2.75) is 32.8 Å². The minimum absolute atomic E-state index is 0.0965. The third-order valence-corrected chi connectivity index (χ3v) is 6.65. The number of ether oxygens (including phenoxy) is 2. The summed E-state index contributed by atoms with van der Waals surface area (Å²) in [6.45, 7) is 4.43. The lowest BCUT2D eigenvalue weighted by atomic mass is 10.0. The molecule has 1 atom stereocenters. The summed E-state index contributed by atoms with van der Waals surface area (Å²) in [5, 5.41) is 2.01.